The fraction of sp³-hybridized carbons (Fsp3) is 0.240. The van der Waals surface area contributed by atoms with Crippen LogP contribution in [0.2, 0.25) is 10.3 Å². The summed E-state index contributed by atoms with van der Waals surface area (Å²) in [6.45, 7) is 4.97. The molecule has 2 aromatic carbocycles. The van der Waals surface area contributed by atoms with E-state index in [0.717, 1.165) is 58.0 Å². The van der Waals surface area contributed by atoms with Crippen LogP contribution >= 0.6 is 23.2 Å². The second-order valence-corrected chi connectivity index (χ2v) is 9.09. The van der Waals surface area contributed by atoms with Crippen LogP contribution in [0.4, 0.5) is 10.1 Å². The zero-order chi connectivity index (χ0) is 24.1. The molecule has 1 aliphatic rings. The van der Waals surface area contributed by atoms with E-state index in [1.165, 1.54) is 6.07 Å². The number of nitrogens with zero attached hydrogens (tertiary/aromatic N) is 5. The summed E-state index contributed by atoms with van der Waals surface area (Å²) >= 11 is 12.4. The van der Waals surface area contributed by atoms with E-state index in [9.17, 15) is 4.39 Å². The predicted molar refractivity (Wildman–Crippen MR) is 136 cm³/mol. The van der Waals surface area contributed by atoms with Crippen molar-refractivity contribution in [1.82, 2.24) is 24.5 Å². The van der Waals surface area contributed by atoms with Gasteiger partial charge < -0.3 is 14.6 Å². The van der Waals surface area contributed by atoms with Gasteiger partial charge in [0.1, 0.15) is 16.7 Å². The Kier molecular flexibility index (Phi) is 5.59. The van der Waals surface area contributed by atoms with Crippen LogP contribution in [0.15, 0.2) is 42.7 Å². The molecule has 10 heteroatoms. The highest BCUT2D eigenvalue weighted by Gasteiger charge is 2.22. The van der Waals surface area contributed by atoms with Gasteiger partial charge in [-0.2, -0.15) is 0 Å². The zero-order valence-corrected chi connectivity index (χ0v) is 20.4. The average molecular weight is 511 g/mol. The third-order valence-corrected chi connectivity index (χ3v) is 6.92. The van der Waals surface area contributed by atoms with E-state index < -0.39 is 5.82 Å². The number of aryl methyl sites for hydroxylation is 1. The molecule has 178 valence electrons. The van der Waals surface area contributed by atoms with Crippen LogP contribution in [0.25, 0.3) is 38.9 Å². The molecule has 0 aliphatic carbocycles. The minimum atomic E-state index is -0.497. The smallest absolute Gasteiger partial charge is 0.200 e. The van der Waals surface area contributed by atoms with Crippen molar-refractivity contribution in [3.63, 3.8) is 0 Å². The number of pyridine rings is 1. The van der Waals surface area contributed by atoms with Crippen LogP contribution < -0.4 is 4.90 Å². The van der Waals surface area contributed by atoms with Crippen molar-refractivity contribution in [2.75, 3.05) is 31.2 Å². The highest BCUT2D eigenvalue weighted by atomic mass is 35.5. The fourth-order valence-corrected chi connectivity index (χ4v) is 5.06. The summed E-state index contributed by atoms with van der Waals surface area (Å²) in [6, 6.07) is 9.26. The van der Waals surface area contributed by atoms with Crippen LogP contribution in [-0.4, -0.2) is 50.8 Å². The van der Waals surface area contributed by atoms with Crippen LogP contribution in [0, 0.1) is 5.82 Å². The van der Waals surface area contributed by atoms with Crippen molar-refractivity contribution in [2.45, 2.75) is 13.3 Å². The van der Waals surface area contributed by atoms with Crippen molar-refractivity contribution in [3.8, 4) is 16.9 Å². The van der Waals surface area contributed by atoms with Crippen molar-refractivity contribution in [3.05, 3.63) is 64.7 Å². The lowest BCUT2D eigenvalue weighted by atomic mass is 10.1. The van der Waals surface area contributed by atoms with Gasteiger partial charge in [0.15, 0.2) is 5.28 Å². The number of anilines is 1. The van der Waals surface area contributed by atoms with Gasteiger partial charge in [0.25, 0.3) is 0 Å². The lowest BCUT2D eigenvalue weighted by molar-refractivity contribution is 0.122. The maximum absolute atomic E-state index is 14.2. The number of nitrogens with one attached hydrogen (secondary N) is 1. The normalized spacial score (nSPS) is 14.3. The zero-order valence-electron chi connectivity index (χ0n) is 18.9. The van der Waals surface area contributed by atoms with Gasteiger partial charge in [0, 0.05) is 42.3 Å². The molecule has 0 radical (unpaired) electrons. The minimum Gasteiger partial charge on any atom is -0.378 e. The van der Waals surface area contributed by atoms with E-state index in [2.05, 4.69) is 43.5 Å². The summed E-state index contributed by atoms with van der Waals surface area (Å²) in [5.41, 5.74) is 5.72. The maximum atomic E-state index is 14.2. The lowest BCUT2D eigenvalue weighted by Gasteiger charge is -2.29. The molecule has 0 unspecified atom stereocenters. The number of benzene rings is 2. The highest BCUT2D eigenvalue weighted by molar-refractivity contribution is 6.35. The number of halogens is 3. The number of morpholine rings is 1. The lowest BCUT2D eigenvalue weighted by Crippen LogP contribution is -2.36. The first kappa shape index (κ1) is 22.3. The number of hydrogen-bond acceptors (Lipinski definition) is 5. The molecule has 0 atom stereocenters. The molecule has 6 rings (SSSR count). The summed E-state index contributed by atoms with van der Waals surface area (Å²) < 4.78 is 21.9. The molecule has 0 saturated carbocycles. The van der Waals surface area contributed by atoms with Gasteiger partial charge in [-0.1, -0.05) is 18.5 Å². The first-order valence-electron chi connectivity index (χ1n) is 11.4. The Balaban J connectivity index is 1.68. The number of aromatic nitrogens is 5. The van der Waals surface area contributed by atoms with Gasteiger partial charge in [-0.05, 0) is 41.9 Å². The Morgan fingerprint density at radius 3 is 2.66 bits per heavy atom. The molecule has 0 spiro atoms. The van der Waals surface area contributed by atoms with Gasteiger partial charge in [0.2, 0.25) is 0 Å². The van der Waals surface area contributed by atoms with E-state index in [1.54, 1.807) is 18.5 Å². The Labute approximate surface area is 210 Å². The highest BCUT2D eigenvalue weighted by Crippen LogP contribution is 2.37. The number of imidazole rings is 2. The number of ether oxygens (including phenoxy) is 1. The SMILES string of the molecule is CCc1nc2c(-c3cnc(Cl)[nH]3)cc(N3CCOCC3)cc2n1-c1ccnc2c(Cl)c(F)ccc12. The Morgan fingerprint density at radius 1 is 1.09 bits per heavy atom. The van der Waals surface area contributed by atoms with Crippen LogP contribution in [0.5, 0.6) is 0 Å². The number of rotatable bonds is 4. The topological polar surface area (TPSA) is 71.9 Å². The first-order chi connectivity index (χ1) is 17.0. The summed E-state index contributed by atoms with van der Waals surface area (Å²) in [4.78, 5) is 19.0. The maximum Gasteiger partial charge on any atom is 0.200 e. The quantitative estimate of drug-likeness (QED) is 0.330. The molecular formula is C25H21Cl2FN6O. The monoisotopic (exact) mass is 510 g/mol. The molecule has 0 bridgehead atoms. The molecule has 4 heterocycles. The van der Waals surface area contributed by atoms with E-state index in [1.807, 2.05) is 6.07 Å². The largest absolute Gasteiger partial charge is 0.378 e. The Hall–Kier alpha value is -3.20. The molecule has 7 nitrogen and oxygen atoms in total. The Morgan fingerprint density at radius 2 is 1.91 bits per heavy atom. The van der Waals surface area contributed by atoms with E-state index >= 15 is 0 Å². The standard InChI is InChI=1S/C25H21Cl2FN6O/c1-2-21-32-23-16(18-13-30-25(27)31-18)11-14(33-7-9-35-10-8-33)12-20(23)34(21)19-5-6-29-24-15(19)3-4-17(28)22(24)26/h3-6,11-13H,2,7-10H2,1H3,(H,30,31). The fourth-order valence-electron chi connectivity index (χ4n) is 4.70. The minimum absolute atomic E-state index is 0.00798. The summed E-state index contributed by atoms with van der Waals surface area (Å²) in [5, 5.41) is 1.07. The molecule has 3 aromatic heterocycles. The summed E-state index contributed by atoms with van der Waals surface area (Å²) in [6.07, 6.45) is 4.05. The number of H-pyrrole nitrogens is 1. The van der Waals surface area contributed by atoms with E-state index in [-0.39, 0.29) is 5.02 Å². The number of fused-ring (bicyclic) bond motifs is 2. The Bertz CT molecular complexity index is 1570. The van der Waals surface area contributed by atoms with Crippen molar-refractivity contribution >= 4 is 50.8 Å². The molecular weight excluding hydrogens is 490 g/mol. The number of aromatic amines is 1. The van der Waals surface area contributed by atoms with Crippen LogP contribution in [0.1, 0.15) is 12.7 Å². The van der Waals surface area contributed by atoms with Crippen molar-refractivity contribution in [2.24, 2.45) is 0 Å². The molecule has 5 aromatic rings. The molecule has 1 aliphatic heterocycles. The van der Waals surface area contributed by atoms with E-state index in [0.29, 0.717) is 30.4 Å². The average Bonchev–Trinajstić information content (AvgIpc) is 3.49. The van der Waals surface area contributed by atoms with Crippen LogP contribution in [-0.2, 0) is 11.2 Å². The molecule has 1 N–H and O–H groups in total. The van der Waals surface area contributed by atoms with Crippen LogP contribution in [0.3, 0.4) is 0 Å². The van der Waals surface area contributed by atoms with Crippen molar-refractivity contribution in [1.29, 1.82) is 0 Å². The van der Waals surface area contributed by atoms with E-state index in [4.69, 9.17) is 32.9 Å². The van der Waals surface area contributed by atoms with Gasteiger partial charge >= 0.3 is 0 Å². The van der Waals surface area contributed by atoms with Gasteiger partial charge in [-0.25, -0.2) is 14.4 Å². The summed E-state index contributed by atoms with van der Waals surface area (Å²) in [7, 11) is 0. The van der Waals surface area contributed by atoms with Gasteiger partial charge in [-0.15, -0.1) is 0 Å². The predicted octanol–water partition coefficient (Wildman–Crippen LogP) is 5.81. The van der Waals surface area contributed by atoms with Gasteiger partial charge in [0.05, 0.1) is 47.3 Å². The molecule has 1 saturated heterocycles. The molecule has 1 fully saturated rings. The third-order valence-electron chi connectivity index (χ3n) is 6.36. The molecule has 35 heavy (non-hydrogen) atoms. The second kappa shape index (κ2) is 8.78. The number of hydrogen-bond donors (Lipinski definition) is 1. The third kappa shape index (κ3) is 3.73. The summed E-state index contributed by atoms with van der Waals surface area (Å²) in [5.74, 6) is 0.363. The molecule has 0 amide bonds. The van der Waals surface area contributed by atoms with Crippen molar-refractivity contribution < 1.29 is 9.13 Å². The second-order valence-electron chi connectivity index (χ2n) is 8.35. The van der Waals surface area contributed by atoms with Gasteiger partial charge in [-0.3, -0.25) is 9.55 Å². The first-order valence-corrected chi connectivity index (χ1v) is 12.1.